The topological polar surface area (TPSA) is 71.7 Å². The van der Waals surface area contributed by atoms with Crippen LogP contribution in [-0.4, -0.2) is 59.2 Å². The van der Waals surface area contributed by atoms with Gasteiger partial charge < -0.3 is 14.1 Å². The average molecular weight is 370 g/mol. The van der Waals surface area contributed by atoms with Crippen LogP contribution in [0.25, 0.3) is 11.5 Å². The molecule has 2 fully saturated rings. The van der Waals surface area contributed by atoms with E-state index in [1.807, 2.05) is 29.2 Å². The molecule has 1 amide bonds. The van der Waals surface area contributed by atoms with Crippen molar-refractivity contribution < 1.29 is 13.9 Å². The van der Waals surface area contributed by atoms with Crippen LogP contribution < -0.4 is 4.74 Å². The van der Waals surface area contributed by atoms with Gasteiger partial charge in [-0.05, 0) is 63.0 Å². The van der Waals surface area contributed by atoms with Gasteiger partial charge in [-0.3, -0.25) is 9.69 Å². The molecule has 0 radical (unpaired) electrons. The number of ether oxygens (including phenoxy) is 1. The van der Waals surface area contributed by atoms with Crippen LogP contribution in [0.3, 0.4) is 0 Å². The van der Waals surface area contributed by atoms with Crippen LogP contribution in [0.1, 0.15) is 31.6 Å². The van der Waals surface area contributed by atoms with Gasteiger partial charge in [-0.25, -0.2) is 0 Å². The van der Waals surface area contributed by atoms with Crippen LogP contribution in [0.2, 0.25) is 0 Å². The predicted molar refractivity (Wildman–Crippen MR) is 100 cm³/mol. The minimum atomic E-state index is 0.178. The second-order valence-electron chi connectivity index (χ2n) is 7.31. The molecule has 27 heavy (non-hydrogen) atoms. The molecule has 0 N–H and O–H groups in total. The number of amides is 1. The van der Waals surface area contributed by atoms with Gasteiger partial charge in [0.2, 0.25) is 17.7 Å². The Morgan fingerprint density at radius 1 is 1.11 bits per heavy atom. The Morgan fingerprint density at radius 3 is 2.48 bits per heavy atom. The van der Waals surface area contributed by atoms with Gasteiger partial charge in [-0.15, -0.1) is 10.2 Å². The molecule has 0 bridgehead atoms. The molecule has 2 aliphatic heterocycles. The van der Waals surface area contributed by atoms with E-state index in [1.165, 1.54) is 0 Å². The summed E-state index contributed by atoms with van der Waals surface area (Å²) in [5.41, 5.74) is 0.879. The van der Waals surface area contributed by atoms with E-state index in [0.717, 1.165) is 63.2 Å². The second kappa shape index (κ2) is 8.08. The lowest BCUT2D eigenvalue weighted by Gasteiger charge is -2.32. The smallest absolute Gasteiger partial charge is 0.247 e. The van der Waals surface area contributed by atoms with E-state index in [1.54, 1.807) is 7.11 Å². The average Bonchev–Trinajstić information content (AvgIpc) is 3.40. The third-order valence-electron chi connectivity index (χ3n) is 5.52. The van der Waals surface area contributed by atoms with Crippen molar-refractivity contribution in [3.63, 3.8) is 0 Å². The summed E-state index contributed by atoms with van der Waals surface area (Å²) in [6.07, 6.45) is 4.13. The number of aromatic nitrogens is 2. The van der Waals surface area contributed by atoms with Crippen molar-refractivity contribution in [1.29, 1.82) is 0 Å². The minimum Gasteiger partial charge on any atom is -0.497 e. The van der Waals surface area contributed by atoms with Crippen LogP contribution in [0.4, 0.5) is 0 Å². The van der Waals surface area contributed by atoms with E-state index in [-0.39, 0.29) is 5.92 Å². The fourth-order valence-corrected chi connectivity index (χ4v) is 3.89. The summed E-state index contributed by atoms with van der Waals surface area (Å²) in [4.78, 5) is 16.9. The third kappa shape index (κ3) is 4.13. The van der Waals surface area contributed by atoms with Crippen molar-refractivity contribution in [3.8, 4) is 17.2 Å². The van der Waals surface area contributed by atoms with Gasteiger partial charge in [-0.1, -0.05) is 0 Å². The molecule has 7 nitrogen and oxygen atoms in total. The lowest BCUT2D eigenvalue weighted by Crippen LogP contribution is -2.41. The molecule has 0 spiro atoms. The zero-order valence-electron chi connectivity index (χ0n) is 15.8. The van der Waals surface area contributed by atoms with Crippen molar-refractivity contribution in [2.45, 2.75) is 32.2 Å². The number of piperidine rings is 1. The van der Waals surface area contributed by atoms with Crippen molar-refractivity contribution in [3.05, 3.63) is 30.2 Å². The summed E-state index contributed by atoms with van der Waals surface area (Å²) in [6.45, 7) is 4.30. The van der Waals surface area contributed by atoms with Gasteiger partial charge in [-0.2, -0.15) is 0 Å². The van der Waals surface area contributed by atoms with Gasteiger partial charge in [0.1, 0.15) is 5.75 Å². The Hall–Kier alpha value is -2.41. The maximum atomic E-state index is 12.5. The molecule has 0 saturated carbocycles. The van der Waals surface area contributed by atoms with Crippen molar-refractivity contribution in [2.75, 3.05) is 33.3 Å². The van der Waals surface area contributed by atoms with Crippen LogP contribution in [0.15, 0.2) is 28.7 Å². The number of nitrogens with zero attached hydrogens (tertiary/aromatic N) is 4. The molecule has 0 aliphatic carbocycles. The quantitative estimate of drug-likeness (QED) is 0.806. The maximum Gasteiger partial charge on any atom is 0.247 e. The summed E-state index contributed by atoms with van der Waals surface area (Å²) in [6, 6.07) is 7.57. The van der Waals surface area contributed by atoms with Gasteiger partial charge in [0, 0.05) is 24.6 Å². The Balaban J connectivity index is 1.30. The number of likely N-dealkylation sites (tertiary alicyclic amines) is 2. The summed E-state index contributed by atoms with van der Waals surface area (Å²) >= 11 is 0. The predicted octanol–water partition coefficient (Wildman–Crippen LogP) is 2.58. The molecule has 0 atom stereocenters. The molecule has 2 aliphatic rings. The first-order chi connectivity index (χ1) is 13.2. The van der Waals surface area contributed by atoms with Gasteiger partial charge in [0.15, 0.2) is 0 Å². The van der Waals surface area contributed by atoms with Crippen LogP contribution in [-0.2, 0) is 11.3 Å². The monoisotopic (exact) mass is 370 g/mol. The molecule has 1 aromatic heterocycles. The van der Waals surface area contributed by atoms with Crippen LogP contribution in [0, 0.1) is 5.92 Å². The highest BCUT2D eigenvalue weighted by molar-refractivity contribution is 5.79. The lowest BCUT2D eigenvalue weighted by molar-refractivity contribution is -0.136. The van der Waals surface area contributed by atoms with Crippen LogP contribution in [0.5, 0.6) is 5.75 Å². The highest BCUT2D eigenvalue weighted by Crippen LogP contribution is 2.24. The number of methoxy groups -OCH3 is 1. The third-order valence-corrected chi connectivity index (χ3v) is 5.52. The summed E-state index contributed by atoms with van der Waals surface area (Å²) < 4.78 is 11.0. The molecule has 2 aromatic rings. The largest absolute Gasteiger partial charge is 0.497 e. The Labute approximate surface area is 159 Å². The normalized spacial score (nSPS) is 18.8. The first-order valence-electron chi connectivity index (χ1n) is 9.71. The first-order valence-corrected chi connectivity index (χ1v) is 9.71. The van der Waals surface area contributed by atoms with Gasteiger partial charge in [0.05, 0.1) is 13.7 Å². The molecule has 1 aromatic carbocycles. The molecule has 7 heteroatoms. The zero-order valence-corrected chi connectivity index (χ0v) is 15.8. The van der Waals surface area contributed by atoms with E-state index >= 15 is 0 Å². The number of carbonyl (C=O) groups excluding carboxylic acids is 1. The van der Waals surface area contributed by atoms with E-state index in [9.17, 15) is 4.79 Å². The molecule has 4 rings (SSSR count). The summed E-state index contributed by atoms with van der Waals surface area (Å²) in [5.74, 6) is 2.46. The van der Waals surface area contributed by atoms with Crippen molar-refractivity contribution >= 4 is 5.91 Å². The van der Waals surface area contributed by atoms with E-state index in [0.29, 0.717) is 24.2 Å². The lowest BCUT2D eigenvalue weighted by atomic mass is 9.95. The van der Waals surface area contributed by atoms with Gasteiger partial charge >= 0.3 is 0 Å². The molecule has 2 saturated heterocycles. The summed E-state index contributed by atoms with van der Waals surface area (Å²) in [5, 5.41) is 8.34. The second-order valence-corrected chi connectivity index (χ2v) is 7.31. The van der Waals surface area contributed by atoms with Gasteiger partial charge in [0.25, 0.3) is 0 Å². The molecule has 144 valence electrons. The van der Waals surface area contributed by atoms with Crippen molar-refractivity contribution in [1.82, 2.24) is 20.0 Å². The van der Waals surface area contributed by atoms with Crippen molar-refractivity contribution in [2.24, 2.45) is 5.92 Å². The Kier molecular flexibility index (Phi) is 5.38. The molecular formula is C20H26N4O3. The first kappa shape index (κ1) is 18.0. The number of carbonyl (C=O) groups is 1. The minimum absolute atomic E-state index is 0.178. The number of rotatable bonds is 5. The SMILES string of the molecule is COc1ccc(-c2nnc(CN3CCC(C(=O)N4CCCC4)CC3)o2)cc1. The number of hydrogen-bond acceptors (Lipinski definition) is 6. The zero-order chi connectivity index (χ0) is 18.6. The number of benzene rings is 1. The fourth-order valence-electron chi connectivity index (χ4n) is 3.89. The molecule has 3 heterocycles. The number of hydrogen-bond donors (Lipinski definition) is 0. The van der Waals surface area contributed by atoms with E-state index in [4.69, 9.17) is 9.15 Å². The maximum absolute atomic E-state index is 12.5. The highest BCUT2D eigenvalue weighted by atomic mass is 16.5. The Bertz CT molecular complexity index is 760. The summed E-state index contributed by atoms with van der Waals surface area (Å²) in [7, 11) is 1.64. The van der Waals surface area contributed by atoms with E-state index in [2.05, 4.69) is 15.1 Å². The van der Waals surface area contributed by atoms with E-state index < -0.39 is 0 Å². The fraction of sp³-hybridized carbons (Fsp3) is 0.550. The highest BCUT2D eigenvalue weighted by Gasteiger charge is 2.30. The Morgan fingerprint density at radius 2 is 1.81 bits per heavy atom. The standard InChI is InChI=1S/C20H26N4O3/c1-26-17-6-4-15(5-7-17)19-22-21-18(27-19)14-23-12-8-16(9-13-23)20(25)24-10-2-3-11-24/h4-7,16H,2-3,8-14H2,1H3. The molecular weight excluding hydrogens is 344 g/mol. The molecule has 0 unspecified atom stereocenters. The van der Waals surface area contributed by atoms with Crippen LogP contribution >= 0.6 is 0 Å².